The van der Waals surface area contributed by atoms with Crippen LogP contribution in [0.15, 0.2) is 10.7 Å². The summed E-state index contributed by atoms with van der Waals surface area (Å²) in [5.74, 6) is 2.59. The van der Waals surface area contributed by atoms with Crippen LogP contribution >= 0.6 is 27.7 Å². The molecule has 0 aliphatic rings. The lowest BCUT2D eigenvalue weighted by molar-refractivity contribution is 0.800. The number of anilines is 1. The van der Waals surface area contributed by atoms with Gasteiger partial charge < -0.3 is 5.32 Å². The average Bonchev–Trinajstić information content (AvgIpc) is 2.18. The highest BCUT2D eigenvalue weighted by Gasteiger charge is 2.12. The molecule has 1 aromatic heterocycles. The summed E-state index contributed by atoms with van der Waals surface area (Å²) < 4.78 is 1.16. The SMILES string of the molecule is CCNc1nc(CSC(C)(C)C)ncc1Br. The Hall–Kier alpha value is -0.290. The van der Waals surface area contributed by atoms with Crippen LogP contribution in [0.25, 0.3) is 0 Å². The van der Waals surface area contributed by atoms with Gasteiger partial charge in [-0.1, -0.05) is 20.8 Å². The molecule has 0 fully saturated rings. The second kappa shape index (κ2) is 5.87. The third-order valence-electron chi connectivity index (χ3n) is 1.77. The van der Waals surface area contributed by atoms with E-state index in [1.165, 1.54) is 0 Å². The van der Waals surface area contributed by atoms with E-state index in [2.05, 4.69) is 58.9 Å². The number of halogens is 1. The fourth-order valence-electron chi connectivity index (χ4n) is 1.05. The van der Waals surface area contributed by atoms with Gasteiger partial charge in [-0.05, 0) is 22.9 Å². The second-order valence-electron chi connectivity index (χ2n) is 4.41. The van der Waals surface area contributed by atoms with Gasteiger partial charge in [-0.2, -0.15) is 0 Å². The maximum absolute atomic E-state index is 4.48. The molecular weight excluding hydrogens is 286 g/mol. The molecule has 1 rings (SSSR count). The molecule has 16 heavy (non-hydrogen) atoms. The van der Waals surface area contributed by atoms with E-state index in [4.69, 9.17) is 0 Å². The summed E-state index contributed by atoms with van der Waals surface area (Å²) in [5, 5.41) is 3.21. The van der Waals surface area contributed by atoms with E-state index < -0.39 is 0 Å². The first-order chi connectivity index (χ1) is 7.42. The molecule has 0 atom stereocenters. The predicted molar refractivity (Wildman–Crippen MR) is 74.9 cm³/mol. The van der Waals surface area contributed by atoms with Crippen LogP contribution in [-0.4, -0.2) is 21.3 Å². The number of hydrogen-bond acceptors (Lipinski definition) is 4. The van der Waals surface area contributed by atoms with E-state index in [9.17, 15) is 0 Å². The monoisotopic (exact) mass is 303 g/mol. The lowest BCUT2D eigenvalue weighted by Gasteiger charge is -2.17. The molecule has 0 bridgehead atoms. The maximum Gasteiger partial charge on any atom is 0.144 e. The Morgan fingerprint density at radius 2 is 2.12 bits per heavy atom. The van der Waals surface area contributed by atoms with Gasteiger partial charge in [0.1, 0.15) is 11.6 Å². The van der Waals surface area contributed by atoms with Gasteiger partial charge in [0.05, 0.1) is 10.2 Å². The largest absolute Gasteiger partial charge is 0.369 e. The van der Waals surface area contributed by atoms with Crippen LogP contribution in [0, 0.1) is 0 Å². The van der Waals surface area contributed by atoms with Crippen molar-refractivity contribution in [3.8, 4) is 0 Å². The highest BCUT2D eigenvalue weighted by molar-refractivity contribution is 9.10. The van der Waals surface area contributed by atoms with Gasteiger partial charge in [-0.15, -0.1) is 11.8 Å². The zero-order chi connectivity index (χ0) is 12.2. The second-order valence-corrected chi connectivity index (χ2v) is 7.07. The molecule has 90 valence electrons. The van der Waals surface area contributed by atoms with Crippen molar-refractivity contribution in [2.45, 2.75) is 38.2 Å². The molecule has 0 aliphatic carbocycles. The van der Waals surface area contributed by atoms with Gasteiger partial charge in [-0.25, -0.2) is 9.97 Å². The lowest BCUT2D eigenvalue weighted by atomic mass is 10.3. The minimum absolute atomic E-state index is 0.245. The molecule has 0 amide bonds. The average molecular weight is 304 g/mol. The summed E-state index contributed by atoms with van der Waals surface area (Å²) in [4.78, 5) is 8.78. The van der Waals surface area contributed by atoms with Crippen molar-refractivity contribution < 1.29 is 0 Å². The van der Waals surface area contributed by atoms with E-state index >= 15 is 0 Å². The molecule has 0 radical (unpaired) electrons. The first kappa shape index (κ1) is 13.8. The summed E-state index contributed by atoms with van der Waals surface area (Å²) >= 11 is 5.28. The molecule has 0 saturated heterocycles. The molecule has 1 aromatic rings. The van der Waals surface area contributed by atoms with Crippen molar-refractivity contribution in [3.05, 3.63) is 16.5 Å². The van der Waals surface area contributed by atoms with Crippen LogP contribution in [-0.2, 0) is 5.75 Å². The van der Waals surface area contributed by atoms with Gasteiger partial charge >= 0.3 is 0 Å². The molecule has 1 N–H and O–H groups in total. The number of hydrogen-bond donors (Lipinski definition) is 1. The summed E-state index contributed by atoms with van der Waals surface area (Å²) in [5.41, 5.74) is 0. The first-order valence-corrected chi connectivity index (χ1v) is 7.09. The number of rotatable bonds is 4. The Morgan fingerprint density at radius 1 is 1.44 bits per heavy atom. The van der Waals surface area contributed by atoms with Crippen molar-refractivity contribution in [2.24, 2.45) is 0 Å². The van der Waals surface area contributed by atoms with Crippen molar-refractivity contribution >= 4 is 33.5 Å². The molecule has 5 heteroatoms. The molecule has 0 aromatic carbocycles. The Kier molecular flexibility index (Phi) is 5.05. The van der Waals surface area contributed by atoms with Crippen molar-refractivity contribution in [2.75, 3.05) is 11.9 Å². The zero-order valence-corrected chi connectivity index (χ0v) is 12.6. The Bertz CT molecular complexity index is 350. The summed E-state index contributed by atoms with van der Waals surface area (Å²) in [6.45, 7) is 9.50. The predicted octanol–water partition coefficient (Wildman–Crippen LogP) is 3.70. The minimum Gasteiger partial charge on any atom is -0.369 e. The van der Waals surface area contributed by atoms with Gasteiger partial charge in [0.15, 0.2) is 0 Å². The third kappa shape index (κ3) is 4.70. The number of nitrogens with one attached hydrogen (secondary N) is 1. The molecule has 0 aliphatic heterocycles. The molecule has 1 heterocycles. The van der Waals surface area contributed by atoms with Crippen LogP contribution in [0.4, 0.5) is 5.82 Å². The van der Waals surface area contributed by atoms with Crippen LogP contribution in [0.2, 0.25) is 0 Å². The minimum atomic E-state index is 0.245. The first-order valence-electron chi connectivity index (χ1n) is 5.31. The molecule has 0 unspecified atom stereocenters. The van der Waals surface area contributed by atoms with E-state index in [0.29, 0.717) is 0 Å². The van der Waals surface area contributed by atoms with Gasteiger partial charge in [0.25, 0.3) is 0 Å². The zero-order valence-electron chi connectivity index (χ0n) is 10.2. The van der Waals surface area contributed by atoms with Gasteiger partial charge in [0.2, 0.25) is 0 Å². The van der Waals surface area contributed by atoms with E-state index in [1.54, 1.807) is 0 Å². The van der Waals surface area contributed by atoms with Crippen molar-refractivity contribution in [3.63, 3.8) is 0 Å². The molecule has 0 saturated carbocycles. The van der Waals surface area contributed by atoms with Crippen LogP contribution < -0.4 is 5.32 Å². The fraction of sp³-hybridized carbons (Fsp3) is 0.636. The molecule has 0 spiro atoms. The third-order valence-corrected chi connectivity index (χ3v) is 3.62. The van der Waals surface area contributed by atoms with Crippen molar-refractivity contribution in [1.29, 1.82) is 0 Å². The highest BCUT2D eigenvalue weighted by Crippen LogP contribution is 2.27. The number of nitrogens with zero attached hydrogens (tertiary/aromatic N) is 2. The molecule has 3 nitrogen and oxygen atoms in total. The number of aromatic nitrogens is 2. The Labute approximate surface area is 110 Å². The molecular formula is C11H18BrN3S. The maximum atomic E-state index is 4.48. The quantitative estimate of drug-likeness (QED) is 0.920. The smallest absolute Gasteiger partial charge is 0.144 e. The summed E-state index contributed by atoms with van der Waals surface area (Å²) in [6.07, 6.45) is 1.81. The Morgan fingerprint density at radius 3 is 2.69 bits per heavy atom. The van der Waals surface area contributed by atoms with Crippen LogP contribution in [0.5, 0.6) is 0 Å². The standard InChI is InChI=1S/C11H18BrN3S/c1-5-13-10-8(12)6-14-9(15-10)7-16-11(2,3)4/h6H,5,7H2,1-4H3,(H,13,14,15). The topological polar surface area (TPSA) is 37.8 Å². The summed E-state index contributed by atoms with van der Waals surface area (Å²) in [7, 11) is 0. The van der Waals surface area contributed by atoms with E-state index in [-0.39, 0.29) is 4.75 Å². The van der Waals surface area contributed by atoms with E-state index in [1.807, 2.05) is 18.0 Å². The van der Waals surface area contributed by atoms with Crippen molar-refractivity contribution in [1.82, 2.24) is 9.97 Å². The normalized spacial score (nSPS) is 11.6. The fourth-order valence-corrected chi connectivity index (χ4v) is 2.08. The lowest BCUT2D eigenvalue weighted by Crippen LogP contribution is -2.09. The van der Waals surface area contributed by atoms with Gasteiger partial charge in [-0.3, -0.25) is 0 Å². The Balaban J connectivity index is 2.71. The highest BCUT2D eigenvalue weighted by atomic mass is 79.9. The van der Waals surface area contributed by atoms with E-state index in [0.717, 1.165) is 28.4 Å². The summed E-state index contributed by atoms with van der Waals surface area (Å²) in [6, 6.07) is 0. The number of thioether (sulfide) groups is 1. The van der Waals surface area contributed by atoms with Crippen LogP contribution in [0.1, 0.15) is 33.5 Å². The van der Waals surface area contributed by atoms with Gasteiger partial charge in [0, 0.05) is 17.5 Å². The van der Waals surface area contributed by atoms with Crippen LogP contribution in [0.3, 0.4) is 0 Å².